The Morgan fingerprint density at radius 3 is 2.36 bits per heavy atom. The van der Waals surface area contributed by atoms with Crippen molar-refractivity contribution in [2.45, 2.75) is 6.92 Å². The van der Waals surface area contributed by atoms with Gasteiger partial charge in [-0.3, -0.25) is 25.2 Å². The Morgan fingerprint density at radius 2 is 1.64 bits per heavy atom. The van der Waals surface area contributed by atoms with Gasteiger partial charge < -0.3 is 9.73 Å². The fraction of sp³-hybridized carbons (Fsp3) is 0.0500. The van der Waals surface area contributed by atoms with Crippen LogP contribution in [-0.4, -0.2) is 17.7 Å². The Hall–Kier alpha value is -3.94. The second-order valence-corrected chi connectivity index (χ2v) is 5.85. The molecule has 7 nitrogen and oxygen atoms in total. The first-order valence-electron chi connectivity index (χ1n) is 8.26. The van der Waals surface area contributed by atoms with Gasteiger partial charge in [0.05, 0.1) is 11.8 Å². The number of amides is 3. The van der Waals surface area contributed by atoms with E-state index in [1.165, 1.54) is 42.7 Å². The Bertz CT molecular complexity index is 1030. The van der Waals surface area contributed by atoms with Gasteiger partial charge in [0.1, 0.15) is 5.82 Å². The van der Waals surface area contributed by atoms with Gasteiger partial charge in [-0.15, -0.1) is 0 Å². The predicted octanol–water partition coefficient (Wildman–Crippen LogP) is 3.05. The molecule has 0 fully saturated rings. The third-order valence-electron chi connectivity index (χ3n) is 3.90. The minimum Gasteiger partial charge on any atom is -0.459 e. The first-order chi connectivity index (χ1) is 13.5. The van der Waals surface area contributed by atoms with E-state index in [0.717, 1.165) is 11.6 Å². The molecule has 0 atom stereocenters. The molecule has 0 aliphatic carbocycles. The fourth-order valence-electron chi connectivity index (χ4n) is 2.39. The summed E-state index contributed by atoms with van der Waals surface area (Å²) in [5.74, 6) is -2.44. The van der Waals surface area contributed by atoms with E-state index < -0.39 is 23.5 Å². The van der Waals surface area contributed by atoms with Crippen molar-refractivity contribution >= 4 is 23.4 Å². The van der Waals surface area contributed by atoms with Crippen molar-refractivity contribution in [2.75, 3.05) is 5.32 Å². The monoisotopic (exact) mass is 381 g/mol. The second-order valence-electron chi connectivity index (χ2n) is 5.85. The third kappa shape index (κ3) is 4.24. The number of carbonyl (C=O) groups excluding carboxylic acids is 3. The van der Waals surface area contributed by atoms with E-state index in [1.807, 2.05) is 0 Å². The van der Waals surface area contributed by atoms with Gasteiger partial charge in [0.2, 0.25) is 0 Å². The van der Waals surface area contributed by atoms with Crippen molar-refractivity contribution in [1.29, 1.82) is 0 Å². The molecule has 142 valence electrons. The van der Waals surface area contributed by atoms with Crippen LogP contribution in [0.3, 0.4) is 0 Å². The van der Waals surface area contributed by atoms with Crippen molar-refractivity contribution in [1.82, 2.24) is 10.9 Å². The first-order valence-corrected chi connectivity index (χ1v) is 8.26. The Labute approximate surface area is 159 Å². The van der Waals surface area contributed by atoms with Crippen molar-refractivity contribution in [2.24, 2.45) is 0 Å². The van der Waals surface area contributed by atoms with E-state index in [-0.39, 0.29) is 16.9 Å². The van der Waals surface area contributed by atoms with Crippen LogP contribution in [0.15, 0.2) is 65.3 Å². The zero-order chi connectivity index (χ0) is 20.1. The number of halogens is 1. The maximum absolute atomic E-state index is 13.6. The molecule has 3 aromatic rings. The number of anilines is 1. The summed E-state index contributed by atoms with van der Waals surface area (Å²) in [6.45, 7) is 1.76. The summed E-state index contributed by atoms with van der Waals surface area (Å²) in [5.41, 5.74) is 5.50. The maximum atomic E-state index is 13.6. The predicted molar refractivity (Wildman–Crippen MR) is 99.2 cm³/mol. The van der Waals surface area contributed by atoms with Gasteiger partial charge in [0.15, 0.2) is 5.76 Å². The molecule has 28 heavy (non-hydrogen) atoms. The molecule has 3 amide bonds. The lowest BCUT2D eigenvalue weighted by Gasteiger charge is -2.11. The molecular weight excluding hydrogens is 365 g/mol. The van der Waals surface area contributed by atoms with Gasteiger partial charge in [-0.2, -0.15) is 0 Å². The number of carbonyl (C=O) groups is 3. The SMILES string of the molecule is Cc1ccc(C(=O)NNC(=O)c2ccccc2F)cc1NC(=O)c1ccco1. The van der Waals surface area contributed by atoms with Crippen LogP contribution in [0.4, 0.5) is 10.1 Å². The van der Waals surface area contributed by atoms with Gasteiger partial charge >= 0.3 is 0 Å². The van der Waals surface area contributed by atoms with E-state index in [2.05, 4.69) is 16.2 Å². The molecule has 0 bridgehead atoms. The topological polar surface area (TPSA) is 100 Å². The maximum Gasteiger partial charge on any atom is 0.291 e. The lowest BCUT2D eigenvalue weighted by atomic mass is 10.1. The number of nitrogens with one attached hydrogen (secondary N) is 3. The number of furan rings is 1. The van der Waals surface area contributed by atoms with Gasteiger partial charge in [-0.05, 0) is 48.9 Å². The van der Waals surface area contributed by atoms with E-state index in [4.69, 9.17) is 4.42 Å². The van der Waals surface area contributed by atoms with Crippen molar-refractivity contribution < 1.29 is 23.2 Å². The highest BCUT2D eigenvalue weighted by Crippen LogP contribution is 2.18. The van der Waals surface area contributed by atoms with Crippen molar-refractivity contribution in [3.8, 4) is 0 Å². The van der Waals surface area contributed by atoms with E-state index in [0.29, 0.717) is 5.69 Å². The molecule has 0 radical (unpaired) electrons. The minimum atomic E-state index is -0.787. The molecule has 0 aliphatic heterocycles. The zero-order valence-electron chi connectivity index (χ0n) is 14.8. The summed E-state index contributed by atoms with van der Waals surface area (Å²) in [5, 5.41) is 2.66. The van der Waals surface area contributed by atoms with Crippen LogP contribution >= 0.6 is 0 Å². The van der Waals surface area contributed by atoms with Crippen LogP contribution in [0.5, 0.6) is 0 Å². The molecule has 0 spiro atoms. The quantitative estimate of drug-likeness (QED) is 0.605. The van der Waals surface area contributed by atoms with Crippen LogP contribution in [0.2, 0.25) is 0 Å². The van der Waals surface area contributed by atoms with Gasteiger partial charge in [-0.25, -0.2) is 4.39 Å². The molecule has 0 unspecified atom stereocenters. The highest BCUT2D eigenvalue weighted by atomic mass is 19.1. The minimum absolute atomic E-state index is 0.131. The molecule has 1 heterocycles. The Balaban J connectivity index is 1.68. The largest absolute Gasteiger partial charge is 0.459 e. The van der Waals surface area contributed by atoms with Crippen LogP contribution in [0, 0.1) is 12.7 Å². The molecule has 3 N–H and O–H groups in total. The molecular formula is C20H16FN3O4. The van der Waals surface area contributed by atoms with Crippen LogP contribution in [-0.2, 0) is 0 Å². The van der Waals surface area contributed by atoms with Gasteiger partial charge in [0, 0.05) is 11.3 Å². The summed E-state index contributed by atoms with van der Waals surface area (Å²) >= 11 is 0. The summed E-state index contributed by atoms with van der Waals surface area (Å²) in [4.78, 5) is 36.4. The molecule has 8 heteroatoms. The number of rotatable bonds is 4. The summed E-state index contributed by atoms with van der Waals surface area (Å²) in [6, 6.07) is 13.1. The van der Waals surface area contributed by atoms with Crippen LogP contribution in [0.1, 0.15) is 36.8 Å². The third-order valence-corrected chi connectivity index (χ3v) is 3.90. The number of hydrazine groups is 1. The molecule has 2 aromatic carbocycles. The average Bonchev–Trinajstić information content (AvgIpc) is 3.23. The van der Waals surface area contributed by atoms with Gasteiger partial charge in [0.25, 0.3) is 17.7 Å². The zero-order valence-corrected chi connectivity index (χ0v) is 14.8. The molecule has 3 rings (SSSR count). The van der Waals surface area contributed by atoms with Crippen molar-refractivity contribution in [3.05, 3.63) is 89.1 Å². The highest BCUT2D eigenvalue weighted by molar-refractivity contribution is 6.04. The van der Waals surface area contributed by atoms with E-state index >= 15 is 0 Å². The molecule has 1 aromatic heterocycles. The van der Waals surface area contributed by atoms with Gasteiger partial charge in [-0.1, -0.05) is 18.2 Å². The lowest BCUT2D eigenvalue weighted by Crippen LogP contribution is -2.42. The van der Waals surface area contributed by atoms with Crippen molar-refractivity contribution in [3.63, 3.8) is 0 Å². The van der Waals surface area contributed by atoms with E-state index in [9.17, 15) is 18.8 Å². The Kier molecular flexibility index (Phi) is 5.50. The van der Waals surface area contributed by atoms with Crippen LogP contribution in [0.25, 0.3) is 0 Å². The summed E-state index contributed by atoms with van der Waals surface area (Å²) in [7, 11) is 0. The summed E-state index contributed by atoms with van der Waals surface area (Å²) in [6.07, 6.45) is 1.38. The molecule has 0 aliphatic rings. The Morgan fingerprint density at radius 1 is 0.893 bits per heavy atom. The average molecular weight is 381 g/mol. The number of aryl methyl sites for hydroxylation is 1. The second kappa shape index (κ2) is 8.17. The van der Waals surface area contributed by atoms with Crippen LogP contribution < -0.4 is 16.2 Å². The highest BCUT2D eigenvalue weighted by Gasteiger charge is 2.15. The number of hydrogen-bond donors (Lipinski definition) is 3. The smallest absolute Gasteiger partial charge is 0.291 e. The first kappa shape index (κ1) is 18.8. The summed E-state index contributed by atoms with van der Waals surface area (Å²) < 4.78 is 18.6. The number of hydrogen-bond acceptors (Lipinski definition) is 4. The number of benzene rings is 2. The van der Waals surface area contributed by atoms with E-state index in [1.54, 1.807) is 19.1 Å². The molecule has 0 saturated heterocycles. The normalized spacial score (nSPS) is 10.2. The fourth-order valence-corrected chi connectivity index (χ4v) is 2.39. The molecule has 0 saturated carbocycles. The lowest BCUT2D eigenvalue weighted by molar-refractivity contribution is 0.0844. The standard InChI is InChI=1S/C20H16FN3O4/c1-12-8-9-13(11-16(12)22-20(27)17-7-4-10-28-17)18(25)23-24-19(26)14-5-2-3-6-15(14)21/h2-11H,1H3,(H,22,27)(H,23,25)(H,24,26).